The molecule has 0 aliphatic carbocycles. The van der Waals surface area contributed by atoms with Crippen molar-refractivity contribution in [3.63, 3.8) is 0 Å². The topological polar surface area (TPSA) is 94.5 Å². The Morgan fingerprint density at radius 2 is 1.68 bits per heavy atom. The molecule has 3 atom stereocenters. The quantitative estimate of drug-likeness (QED) is 0.588. The lowest BCUT2D eigenvalue weighted by Gasteiger charge is -2.53. The van der Waals surface area contributed by atoms with Crippen LogP contribution in [0.1, 0.15) is 59.7 Å². The first-order chi connectivity index (χ1) is 18.6. The van der Waals surface area contributed by atoms with E-state index in [2.05, 4.69) is 14.9 Å². The van der Waals surface area contributed by atoms with E-state index in [0.29, 0.717) is 71.7 Å². The lowest BCUT2D eigenvalue weighted by Crippen LogP contribution is -2.68. The van der Waals surface area contributed by atoms with Crippen molar-refractivity contribution in [3.05, 3.63) is 11.9 Å². The van der Waals surface area contributed by atoms with Crippen LogP contribution in [-0.2, 0) is 15.7 Å². The van der Waals surface area contributed by atoms with E-state index in [-0.39, 0.29) is 29.8 Å². The van der Waals surface area contributed by atoms with E-state index in [9.17, 15) is 23.1 Å². The lowest BCUT2D eigenvalue weighted by atomic mass is 9.77. The molecule has 224 valence electrons. The van der Waals surface area contributed by atoms with Gasteiger partial charge in [0, 0.05) is 70.4 Å². The van der Waals surface area contributed by atoms with E-state index >= 15 is 0 Å². The van der Waals surface area contributed by atoms with E-state index in [0.717, 1.165) is 0 Å². The molecule has 1 unspecified atom stereocenters. The number of aliphatic hydroxyl groups is 1. The molecular weight excluding hydrogens is 529 g/mol. The predicted octanol–water partition coefficient (Wildman–Crippen LogP) is 3.14. The predicted molar refractivity (Wildman–Crippen MR) is 142 cm³/mol. The first-order valence-corrected chi connectivity index (χ1v) is 14.1. The second kappa shape index (κ2) is 10.2. The Balaban J connectivity index is 1.25. The van der Waals surface area contributed by atoms with Gasteiger partial charge in [-0.3, -0.25) is 4.90 Å². The summed E-state index contributed by atoms with van der Waals surface area (Å²) in [7, 11) is 0. The molecule has 1 aromatic heterocycles. The molecule has 10 nitrogen and oxygen atoms in total. The third-order valence-electron chi connectivity index (χ3n) is 8.96. The SMILES string of the molecule is C[C@@H]1[C@H](N2CCN(C(=O)OC(C)(C)C)CC2)CN1c1cc(N2CCC3(CC2)OCCC3(C)O)nc(C(F)(F)F)n1. The van der Waals surface area contributed by atoms with Gasteiger partial charge in [0.05, 0.1) is 17.8 Å². The molecule has 1 N–H and O–H groups in total. The van der Waals surface area contributed by atoms with Gasteiger partial charge in [0.15, 0.2) is 0 Å². The van der Waals surface area contributed by atoms with Crippen molar-refractivity contribution in [2.24, 2.45) is 0 Å². The first-order valence-electron chi connectivity index (χ1n) is 14.1. The van der Waals surface area contributed by atoms with Gasteiger partial charge in [0.2, 0.25) is 5.82 Å². The van der Waals surface area contributed by atoms with Crippen LogP contribution in [0.3, 0.4) is 0 Å². The molecule has 40 heavy (non-hydrogen) atoms. The summed E-state index contributed by atoms with van der Waals surface area (Å²) in [6.07, 6.45) is -3.43. The summed E-state index contributed by atoms with van der Waals surface area (Å²) in [5, 5.41) is 10.8. The number of hydrogen-bond donors (Lipinski definition) is 1. The molecule has 0 saturated carbocycles. The van der Waals surface area contributed by atoms with Crippen LogP contribution in [0.2, 0.25) is 0 Å². The summed E-state index contributed by atoms with van der Waals surface area (Å²) in [5.41, 5.74) is -2.17. The van der Waals surface area contributed by atoms with E-state index in [1.54, 1.807) is 17.9 Å². The van der Waals surface area contributed by atoms with Crippen LogP contribution in [0.15, 0.2) is 6.07 Å². The highest BCUT2D eigenvalue weighted by atomic mass is 19.4. The van der Waals surface area contributed by atoms with Crippen LogP contribution < -0.4 is 9.80 Å². The maximum absolute atomic E-state index is 13.8. The number of rotatable bonds is 3. The number of piperidine rings is 1. The van der Waals surface area contributed by atoms with E-state index < -0.39 is 28.8 Å². The van der Waals surface area contributed by atoms with Crippen LogP contribution in [0.4, 0.5) is 29.6 Å². The minimum Gasteiger partial charge on any atom is -0.444 e. The monoisotopic (exact) mass is 570 g/mol. The highest BCUT2D eigenvalue weighted by Gasteiger charge is 2.54. The summed E-state index contributed by atoms with van der Waals surface area (Å²) in [6.45, 7) is 13.6. The Labute approximate surface area is 233 Å². The van der Waals surface area contributed by atoms with Gasteiger partial charge in [0.25, 0.3) is 0 Å². The maximum atomic E-state index is 13.8. The number of piperazine rings is 1. The number of carbonyl (C=O) groups is 1. The van der Waals surface area contributed by atoms with Crippen molar-refractivity contribution in [2.75, 3.05) is 62.2 Å². The minimum absolute atomic E-state index is 0.0523. The number of amides is 1. The van der Waals surface area contributed by atoms with Crippen molar-refractivity contribution >= 4 is 17.7 Å². The third kappa shape index (κ3) is 5.56. The average molecular weight is 571 g/mol. The molecule has 4 saturated heterocycles. The molecule has 5 heterocycles. The number of alkyl halides is 3. The highest BCUT2D eigenvalue weighted by Crippen LogP contribution is 2.44. The molecule has 0 radical (unpaired) electrons. The lowest BCUT2D eigenvalue weighted by molar-refractivity contribution is -0.144. The van der Waals surface area contributed by atoms with Gasteiger partial charge >= 0.3 is 12.3 Å². The first kappa shape index (κ1) is 29.1. The Hall–Kier alpha value is -2.38. The van der Waals surface area contributed by atoms with Gasteiger partial charge in [-0.25, -0.2) is 14.8 Å². The maximum Gasteiger partial charge on any atom is 0.451 e. The zero-order valence-electron chi connectivity index (χ0n) is 24.0. The Bertz CT molecular complexity index is 1090. The summed E-state index contributed by atoms with van der Waals surface area (Å²) in [4.78, 5) is 27.9. The van der Waals surface area contributed by atoms with Crippen molar-refractivity contribution in [1.82, 2.24) is 19.8 Å². The second-order valence-electron chi connectivity index (χ2n) is 12.7. The molecule has 0 aromatic carbocycles. The molecule has 1 amide bonds. The number of hydrogen-bond acceptors (Lipinski definition) is 9. The van der Waals surface area contributed by atoms with Crippen LogP contribution in [0, 0.1) is 0 Å². The summed E-state index contributed by atoms with van der Waals surface area (Å²) in [5.74, 6) is -0.643. The Kier molecular flexibility index (Phi) is 7.40. The molecular formula is C27H41F3N6O4. The number of carbonyl (C=O) groups excluding carboxylic acids is 1. The summed E-state index contributed by atoms with van der Waals surface area (Å²) < 4.78 is 53.0. The number of halogens is 3. The van der Waals surface area contributed by atoms with Crippen LogP contribution in [0.25, 0.3) is 0 Å². The Morgan fingerprint density at radius 1 is 1.05 bits per heavy atom. The zero-order chi connectivity index (χ0) is 29.1. The van der Waals surface area contributed by atoms with Crippen LogP contribution in [0.5, 0.6) is 0 Å². The van der Waals surface area contributed by atoms with Gasteiger partial charge in [-0.05, 0) is 47.5 Å². The normalized spacial score (nSPS) is 29.6. The van der Waals surface area contributed by atoms with Crippen molar-refractivity contribution in [2.45, 2.75) is 88.9 Å². The summed E-state index contributed by atoms with van der Waals surface area (Å²) >= 11 is 0. The van der Waals surface area contributed by atoms with Gasteiger partial charge in [0.1, 0.15) is 17.2 Å². The van der Waals surface area contributed by atoms with Crippen molar-refractivity contribution in [1.29, 1.82) is 0 Å². The molecule has 13 heteroatoms. The fourth-order valence-electron chi connectivity index (χ4n) is 6.34. The summed E-state index contributed by atoms with van der Waals surface area (Å²) in [6, 6.07) is 1.74. The van der Waals surface area contributed by atoms with Gasteiger partial charge in [-0.2, -0.15) is 13.2 Å². The molecule has 4 aliphatic rings. The second-order valence-corrected chi connectivity index (χ2v) is 12.7. The smallest absolute Gasteiger partial charge is 0.444 e. The third-order valence-corrected chi connectivity index (χ3v) is 8.96. The fraction of sp³-hybridized carbons (Fsp3) is 0.815. The van der Waals surface area contributed by atoms with Crippen molar-refractivity contribution < 1.29 is 32.5 Å². The van der Waals surface area contributed by atoms with E-state index in [4.69, 9.17) is 9.47 Å². The number of aromatic nitrogens is 2. The number of nitrogens with zero attached hydrogens (tertiary/aromatic N) is 6. The van der Waals surface area contributed by atoms with E-state index in [1.807, 2.05) is 37.5 Å². The van der Waals surface area contributed by atoms with Gasteiger partial charge < -0.3 is 29.3 Å². The molecule has 5 rings (SSSR count). The number of anilines is 2. The largest absolute Gasteiger partial charge is 0.451 e. The van der Waals surface area contributed by atoms with Crippen LogP contribution >= 0.6 is 0 Å². The minimum atomic E-state index is -4.68. The average Bonchev–Trinajstić information content (AvgIpc) is 3.15. The molecule has 4 fully saturated rings. The fourth-order valence-corrected chi connectivity index (χ4v) is 6.34. The molecule has 1 spiro atoms. The van der Waals surface area contributed by atoms with Gasteiger partial charge in [-0.15, -0.1) is 0 Å². The molecule has 1 aromatic rings. The zero-order valence-corrected chi connectivity index (χ0v) is 24.0. The Morgan fingerprint density at radius 3 is 2.20 bits per heavy atom. The highest BCUT2D eigenvalue weighted by molar-refractivity contribution is 5.68. The standard InChI is InChI=1S/C27H41F3N6O4/c1-18-19(33-11-13-35(14-12-33)23(37)40-24(2,3)4)17-36(18)21-16-20(31-22(32-21)27(28,29)30)34-9-6-26(7-10-34)25(5,38)8-15-39-26/h16,18-19,38H,6-15,17H2,1-5H3/t18-,19-,25?/m1/s1. The van der Waals surface area contributed by atoms with Crippen molar-refractivity contribution in [3.8, 4) is 0 Å². The van der Waals surface area contributed by atoms with Crippen LogP contribution in [-0.4, -0.2) is 112 Å². The molecule has 0 bridgehead atoms. The number of ether oxygens (including phenoxy) is 2. The van der Waals surface area contributed by atoms with E-state index in [1.165, 1.54) is 0 Å². The van der Waals surface area contributed by atoms with Gasteiger partial charge in [-0.1, -0.05) is 0 Å². The molecule has 4 aliphatic heterocycles.